The van der Waals surface area contributed by atoms with E-state index in [-0.39, 0.29) is 17.6 Å². The van der Waals surface area contributed by atoms with Crippen LogP contribution in [-0.2, 0) is 16.1 Å². The molecule has 0 fully saturated rings. The highest BCUT2D eigenvalue weighted by atomic mass is 32.2. The van der Waals surface area contributed by atoms with Gasteiger partial charge in [0.15, 0.2) is 11.0 Å². The Morgan fingerprint density at radius 2 is 1.83 bits per heavy atom. The second-order valence-electron chi connectivity index (χ2n) is 7.65. The van der Waals surface area contributed by atoms with Crippen molar-refractivity contribution in [1.29, 1.82) is 0 Å². The Morgan fingerprint density at radius 3 is 2.47 bits per heavy atom. The highest BCUT2D eigenvalue weighted by Crippen LogP contribution is 2.27. The van der Waals surface area contributed by atoms with Crippen molar-refractivity contribution in [3.8, 4) is 10.7 Å². The predicted octanol–water partition coefficient (Wildman–Crippen LogP) is 4.74. The summed E-state index contributed by atoms with van der Waals surface area (Å²) in [6.45, 7) is 8.31. The van der Waals surface area contributed by atoms with Crippen LogP contribution in [0.2, 0.25) is 0 Å². The lowest BCUT2D eigenvalue weighted by Crippen LogP contribution is -2.27. The van der Waals surface area contributed by atoms with Gasteiger partial charge in [-0.1, -0.05) is 44.7 Å². The van der Waals surface area contributed by atoms with Gasteiger partial charge in [-0.05, 0) is 36.6 Å². The van der Waals surface area contributed by atoms with E-state index in [1.807, 2.05) is 49.8 Å². The summed E-state index contributed by atoms with van der Waals surface area (Å²) in [5.74, 6) is 0.795. The minimum absolute atomic E-state index is 0.0815. The van der Waals surface area contributed by atoms with E-state index < -0.39 is 5.41 Å². The summed E-state index contributed by atoms with van der Waals surface area (Å²) >= 11 is 2.96. The number of nitrogens with zero attached hydrogens (tertiary/aromatic N) is 3. The van der Waals surface area contributed by atoms with Crippen molar-refractivity contribution < 1.29 is 9.59 Å². The number of anilines is 2. The molecule has 3 aromatic rings. The molecule has 0 radical (unpaired) electrons. The molecule has 2 amide bonds. The number of benzene rings is 1. The fourth-order valence-corrected chi connectivity index (χ4v) is 4.11. The highest BCUT2D eigenvalue weighted by Gasteiger charge is 2.21. The van der Waals surface area contributed by atoms with E-state index in [0.29, 0.717) is 16.5 Å². The Morgan fingerprint density at radius 1 is 1.10 bits per heavy atom. The van der Waals surface area contributed by atoms with Gasteiger partial charge in [-0.3, -0.25) is 9.59 Å². The van der Waals surface area contributed by atoms with Gasteiger partial charge in [0.2, 0.25) is 11.8 Å². The van der Waals surface area contributed by atoms with E-state index in [1.54, 1.807) is 35.6 Å². The molecule has 0 aliphatic heterocycles. The summed E-state index contributed by atoms with van der Waals surface area (Å²) < 4.78 is 2.01. The molecule has 158 valence electrons. The van der Waals surface area contributed by atoms with Crippen LogP contribution >= 0.6 is 23.1 Å². The van der Waals surface area contributed by atoms with E-state index in [4.69, 9.17) is 0 Å². The lowest BCUT2D eigenvalue weighted by molar-refractivity contribution is -0.123. The van der Waals surface area contributed by atoms with E-state index in [1.165, 1.54) is 11.8 Å². The minimum atomic E-state index is -0.493. The molecular weight excluding hydrogens is 418 g/mol. The van der Waals surface area contributed by atoms with Gasteiger partial charge in [-0.2, -0.15) is 0 Å². The topological polar surface area (TPSA) is 88.9 Å². The van der Waals surface area contributed by atoms with Crippen molar-refractivity contribution in [3.05, 3.63) is 41.8 Å². The number of hydrogen-bond donors (Lipinski definition) is 2. The SMILES string of the molecule is CCn1c(SCC(=O)Nc2cccc(NC(=O)C(C)(C)C)c2)nnc1-c1cccs1. The molecule has 0 saturated heterocycles. The largest absolute Gasteiger partial charge is 0.326 e. The minimum Gasteiger partial charge on any atom is -0.326 e. The molecule has 30 heavy (non-hydrogen) atoms. The van der Waals surface area contributed by atoms with Crippen LogP contribution in [-0.4, -0.2) is 32.3 Å². The fraction of sp³-hybridized carbons (Fsp3) is 0.333. The third-order valence-corrected chi connectivity index (χ3v) is 6.02. The second kappa shape index (κ2) is 9.44. The Labute approximate surface area is 184 Å². The average molecular weight is 444 g/mol. The average Bonchev–Trinajstić information content (AvgIpc) is 3.35. The zero-order chi connectivity index (χ0) is 21.7. The number of hydrogen-bond acceptors (Lipinski definition) is 6. The van der Waals surface area contributed by atoms with Crippen molar-refractivity contribution in [1.82, 2.24) is 14.8 Å². The van der Waals surface area contributed by atoms with Crippen LogP contribution in [0.25, 0.3) is 10.7 Å². The fourth-order valence-electron chi connectivity index (χ4n) is 2.59. The normalized spacial score (nSPS) is 11.3. The van der Waals surface area contributed by atoms with Gasteiger partial charge in [0.25, 0.3) is 0 Å². The van der Waals surface area contributed by atoms with Crippen LogP contribution < -0.4 is 10.6 Å². The Bertz CT molecular complexity index is 1020. The Kier molecular flexibility index (Phi) is 6.94. The smallest absolute Gasteiger partial charge is 0.234 e. The number of rotatable bonds is 7. The van der Waals surface area contributed by atoms with E-state index in [2.05, 4.69) is 20.8 Å². The maximum Gasteiger partial charge on any atom is 0.234 e. The zero-order valence-corrected chi connectivity index (χ0v) is 19.1. The molecule has 3 rings (SSSR count). The van der Waals surface area contributed by atoms with Crippen LogP contribution in [0.1, 0.15) is 27.7 Å². The third kappa shape index (κ3) is 5.48. The van der Waals surface area contributed by atoms with Crippen molar-refractivity contribution in [2.24, 2.45) is 5.41 Å². The zero-order valence-electron chi connectivity index (χ0n) is 17.4. The van der Waals surface area contributed by atoms with E-state index >= 15 is 0 Å². The number of nitrogens with one attached hydrogen (secondary N) is 2. The molecular formula is C21H25N5O2S2. The van der Waals surface area contributed by atoms with E-state index in [9.17, 15) is 9.59 Å². The van der Waals surface area contributed by atoms with Gasteiger partial charge in [0, 0.05) is 23.3 Å². The number of carbonyl (C=O) groups excluding carboxylic acids is 2. The van der Waals surface area contributed by atoms with Crippen LogP contribution in [0.5, 0.6) is 0 Å². The summed E-state index contributed by atoms with van der Waals surface area (Å²) in [5.41, 5.74) is 0.780. The van der Waals surface area contributed by atoms with Gasteiger partial charge in [0.1, 0.15) is 0 Å². The first kappa shape index (κ1) is 22.0. The first-order chi connectivity index (χ1) is 14.3. The van der Waals surface area contributed by atoms with Crippen molar-refractivity contribution in [2.45, 2.75) is 39.4 Å². The quantitative estimate of drug-likeness (QED) is 0.515. The lowest BCUT2D eigenvalue weighted by atomic mass is 9.95. The summed E-state index contributed by atoms with van der Waals surface area (Å²) in [7, 11) is 0. The highest BCUT2D eigenvalue weighted by molar-refractivity contribution is 7.99. The van der Waals surface area contributed by atoms with E-state index in [0.717, 1.165) is 17.2 Å². The number of thioether (sulfide) groups is 1. The number of aromatic nitrogens is 3. The lowest BCUT2D eigenvalue weighted by Gasteiger charge is -2.18. The number of carbonyl (C=O) groups is 2. The molecule has 9 heteroatoms. The summed E-state index contributed by atoms with van der Waals surface area (Å²) in [6.07, 6.45) is 0. The maximum absolute atomic E-state index is 12.4. The van der Waals surface area contributed by atoms with Gasteiger partial charge >= 0.3 is 0 Å². The molecule has 2 N–H and O–H groups in total. The van der Waals surface area contributed by atoms with Crippen LogP contribution in [0, 0.1) is 5.41 Å². The summed E-state index contributed by atoms with van der Waals surface area (Å²) in [5, 5.41) is 17.0. The molecule has 0 spiro atoms. The van der Waals surface area contributed by atoms with Gasteiger partial charge < -0.3 is 15.2 Å². The maximum atomic E-state index is 12.4. The molecule has 1 aromatic carbocycles. The predicted molar refractivity (Wildman–Crippen MR) is 123 cm³/mol. The second-order valence-corrected chi connectivity index (χ2v) is 9.54. The van der Waals surface area contributed by atoms with Crippen molar-refractivity contribution >= 4 is 46.3 Å². The standard InChI is InChI=1S/C21H25N5O2S2/c1-5-26-18(16-10-7-11-29-16)24-25-20(26)30-13-17(27)22-14-8-6-9-15(12-14)23-19(28)21(2,3)4/h6-12H,5,13H2,1-4H3,(H,22,27)(H,23,28). The molecule has 0 unspecified atom stereocenters. The molecule has 7 nitrogen and oxygen atoms in total. The molecule has 0 saturated carbocycles. The third-order valence-electron chi connectivity index (χ3n) is 4.19. The summed E-state index contributed by atoms with van der Waals surface area (Å²) in [4.78, 5) is 25.6. The van der Waals surface area contributed by atoms with Gasteiger partial charge in [-0.15, -0.1) is 21.5 Å². The van der Waals surface area contributed by atoms with Crippen LogP contribution in [0.4, 0.5) is 11.4 Å². The molecule has 2 aromatic heterocycles. The number of thiophene rings is 1. The van der Waals surface area contributed by atoms with Gasteiger partial charge in [-0.25, -0.2) is 0 Å². The van der Waals surface area contributed by atoms with Gasteiger partial charge in [0.05, 0.1) is 10.6 Å². The Hall–Kier alpha value is -2.65. The number of amides is 2. The van der Waals surface area contributed by atoms with Crippen molar-refractivity contribution in [3.63, 3.8) is 0 Å². The van der Waals surface area contributed by atoms with Crippen LogP contribution in [0.3, 0.4) is 0 Å². The molecule has 2 heterocycles. The Balaban J connectivity index is 1.60. The van der Waals surface area contributed by atoms with Crippen molar-refractivity contribution in [2.75, 3.05) is 16.4 Å². The molecule has 0 aliphatic rings. The first-order valence-electron chi connectivity index (χ1n) is 9.59. The monoisotopic (exact) mass is 443 g/mol. The molecule has 0 aliphatic carbocycles. The van der Waals surface area contributed by atoms with Crippen LogP contribution in [0.15, 0.2) is 46.9 Å². The first-order valence-corrected chi connectivity index (χ1v) is 11.5. The summed E-state index contributed by atoms with van der Waals surface area (Å²) in [6, 6.07) is 11.1. The molecule has 0 atom stereocenters. The molecule has 0 bridgehead atoms.